The van der Waals surface area contributed by atoms with E-state index in [1.807, 2.05) is 12.1 Å². The Morgan fingerprint density at radius 2 is 0.714 bits per heavy atom. The average molecular weight is 713 g/mol. The van der Waals surface area contributed by atoms with Crippen LogP contribution in [0.5, 0.6) is 0 Å². The molecule has 10 rings (SSSR count). The van der Waals surface area contributed by atoms with Gasteiger partial charge >= 0.3 is 0 Å². The lowest BCUT2D eigenvalue weighted by Gasteiger charge is -2.17. The Hall–Kier alpha value is -7.42. The molecule has 0 aliphatic carbocycles. The quantitative estimate of drug-likeness (QED) is 0.154. The third-order valence-electron chi connectivity index (χ3n) is 10.6. The molecule has 0 fully saturated rings. The van der Waals surface area contributed by atoms with Crippen molar-refractivity contribution in [3.63, 3.8) is 0 Å². The molecule has 8 aromatic carbocycles. The van der Waals surface area contributed by atoms with E-state index < -0.39 is 0 Å². The van der Waals surface area contributed by atoms with E-state index in [2.05, 4.69) is 206 Å². The summed E-state index contributed by atoms with van der Waals surface area (Å²) in [5.41, 5.74) is 16.4. The van der Waals surface area contributed by atoms with Crippen LogP contribution in [0.1, 0.15) is 0 Å². The number of nitrogens with zero attached hydrogens (tertiary/aromatic N) is 2. The van der Waals surface area contributed by atoms with Gasteiger partial charge in [-0.15, -0.1) is 0 Å². The molecule has 0 atom stereocenters. The van der Waals surface area contributed by atoms with E-state index in [0.29, 0.717) is 0 Å². The Kier molecular flexibility index (Phi) is 8.55. The molecule has 0 saturated carbocycles. The van der Waals surface area contributed by atoms with Crippen LogP contribution in [0.15, 0.2) is 218 Å². The fourth-order valence-corrected chi connectivity index (χ4v) is 7.84. The molecule has 0 aliphatic heterocycles. The SMILES string of the molecule is c1ccc(-c2cc(-c3ccc(-c4cccc(-c5cc6ccccc6c6c(-c7ccccc7)cc(-c7ccccc7)nc56)c4)cc3)cc(-c3ccccc3)n2)cc1. The maximum atomic E-state index is 5.46. The number of pyridine rings is 2. The van der Waals surface area contributed by atoms with Gasteiger partial charge in [0, 0.05) is 27.6 Å². The molecule has 0 amide bonds. The van der Waals surface area contributed by atoms with Gasteiger partial charge in [0.1, 0.15) is 0 Å². The monoisotopic (exact) mass is 712 g/mol. The van der Waals surface area contributed by atoms with Gasteiger partial charge in [-0.3, -0.25) is 0 Å². The van der Waals surface area contributed by atoms with Crippen molar-refractivity contribution >= 4 is 21.7 Å². The molecule has 56 heavy (non-hydrogen) atoms. The van der Waals surface area contributed by atoms with Gasteiger partial charge in [0.15, 0.2) is 0 Å². The number of aromatic nitrogens is 2. The van der Waals surface area contributed by atoms with Gasteiger partial charge in [-0.1, -0.05) is 188 Å². The predicted molar refractivity (Wildman–Crippen MR) is 235 cm³/mol. The summed E-state index contributed by atoms with van der Waals surface area (Å²) in [6.07, 6.45) is 0. The Labute approximate surface area is 327 Å². The van der Waals surface area contributed by atoms with Gasteiger partial charge in [-0.2, -0.15) is 0 Å². The molecule has 0 unspecified atom stereocenters. The highest BCUT2D eigenvalue weighted by molar-refractivity contribution is 6.18. The van der Waals surface area contributed by atoms with Crippen molar-refractivity contribution in [3.05, 3.63) is 218 Å². The summed E-state index contributed by atoms with van der Waals surface area (Å²) in [4.78, 5) is 10.5. The van der Waals surface area contributed by atoms with Gasteiger partial charge < -0.3 is 0 Å². The zero-order valence-electron chi connectivity index (χ0n) is 30.7. The Balaban J connectivity index is 1.10. The summed E-state index contributed by atoms with van der Waals surface area (Å²) in [5.74, 6) is 0. The molecule has 0 saturated heterocycles. The minimum absolute atomic E-state index is 0.959. The Morgan fingerprint density at radius 3 is 1.30 bits per heavy atom. The van der Waals surface area contributed by atoms with Crippen LogP contribution in [0.25, 0.3) is 100.0 Å². The molecule has 2 heterocycles. The largest absolute Gasteiger partial charge is 0.248 e. The standard InChI is InChI=1S/C54H36N2/c1-5-16-39(17-6-1)48-36-52(42-22-11-4-12-23-42)56-54-49(33-45-24-13-14-27-47(45)53(48)54)44-26-15-25-43(32-44)37-28-30-38(31-29-37)46-34-50(40-18-7-2-8-19-40)55-51(35-46)41-20-9-3-10-21-41/h1-36H. The first-order chi connectivity index (χ1) is 27.7. The molecule has 2 heteroatoms. The third kappa shape index (κ3) is 6.34. The first-order valence-electron chi connectivity index (χ1n) is 19.1. The third-order valence-corrected chi connectivity index (χ3v) is 10.6. The Morgan fingerprint density at radius 1 is 0.250 bits per heavy atom. The lowest BCUT2D eigenvalue weighted by molar-refractivity contribution is 1.32. The molecule has 0 N–H and O–H groups in total. The van der Waals surface area contributed by atoms with Crippen LogP contribution in [-0.4, -0.2) is 9.97 Å². The fraction of sp³-hybridized carbons (Fsp3) is 0. The van der Waals surface area contributed by atoms with Crippen LogP contribution in [-0.2, 0) is 0 Å². The highest BCUT2D eigenvalue weighted by Crippen LogP contribution is 2.42. The lowest BCUT2D eigenvalue weighted by atomic mass is 9.89. The second-order valence-corrected chi connectivity index (χ2v) is 14.2. The minimum Gasteiger partial charge on any atom is -0.248 e. The number of rotatable bonds is 7. The second kappa shape index (κ2) is 14.4. The zero-order valence-corrected chi connectivity index (χ0v) is 30.7. The predicted octanol–water partition coefficient (Wildman–Crippen LogP) is 14.5. The van der Waals surface area contributed by atoms with Crippen molar-refractivity contribution < 1.29 is 0 Å². The summed E-state index contributed by atoms with van der Waals surface area (Å²) >= 11 is 0. The van der Waals surface area contributed by atoms with Gasteiger partial charge in [-0.05, 0) is 80.0 Å². The molecule has 0 aliphatic rings. The van der Waals surface area contributed by atoms with Crippen molar-refractivity contribution in [2.24, 2.45) is 0 Å². The average Bonchev–Trinajstić information content (AvgIpc) is 3.29. The zero-order chi connectivity index (χ0) is 37.3. The summed E-state index contributed by atoms with van der Waals surface area (Å²) in [7, 11) is 0. The van der Waals surface area contributed by atoms with Gasteiger partial charge in [0.2, 0.25) is 0 Å². The van der Waals surface area contributed by atoms with E-state index in [-0.39, 0.29) is 0 Å². The normalized spacial score (nSPS) is 11.2. The number of benzene rings is 8. The van der Waals surface area contributed by atoms with Crippen LogP contribution in [0.2, 0.25) is 0 Å². The summed E-state index contributed by atoms with van der Waals surface area (Å²) in [6.45, 7) is 0. The molecular weight excluding hydrogens is 677 g/mol. The fourth-order valence-electron chi connectivity index (χ4n) is 7.84. The highest BCUT2D eigenvalue weighted by atomic mass is 14.7. The molecule has 10 aromatic rings. The van der Waals surface area contributed by atoms with Crippen molar-refractivity contribution in [2.45, 2.75) is 0 Å². The van der Waals surface area contributed by atoms with Gasteiger partial charge in [0.25, 0.3) is 0 Å². The highest BCUT2D eigenvalue weighted by Gasteiger charge is 2.18. The van der Waals surface area contributed by atoms with E-state index >= 15 is 0 Å². The van der Waals surface area contributed by atoms with Crippen molar-refractivity contribution in [1.29, 1.82) is 0 Å². The van der Waals surface area contributed by atoms with Crippen LogP contribution in [0.4, 0.5) is 0 Å². The lowest BCUT2D eigenvalue weighted by Crippen LogP contribution is -1.94. The van der Waals surface area contributed by atoms with E-state index in [4.69, 9.17) is 9.97 Å². The van der Waals surface area contributed by atoms with Crippen LogP contribution < -0.4 is 0 Å². The van der Waals surface area contributed by atoms with E-state index in [0.717, 1.165) is 72.7 Å². The van der Waals surface area contributed by atoms with E-state index in [1.54, 1.807) is 0 Å². The van der Waals surface area contributed by atoms with E-state index in [9.17, 15) is 0 Å². The first-order valence-corrected chi connectivity index (χ1v) is 19.1. The minimum atomic E-state index is 0.959. The number of hydrogen-bond donors (Lipinski definition) is 0. The summed E-state index contributed by atoms with van der Waals surface area (Å²) in [5, 5.41) is 3.56. The Bertz CT molecular complexity index is 2920. The van der Waals surface area contributed by atoms with Crippen LogP contribution in [0.3, 0.4) is 0 Å². The molecule has 0 spiro atoms. The van der Waals surface area contributed by atoms with Crippen molar-refractivity contribution in [3.8, 4) is 78.3 Å². The molecule has 262 valence electrons. The summed E-state index contributed by atoms with van der Waals surface area (Å²) in [6, 6.07) is 77.5. The van der Waals surface area contributed by atoms with E-state index in [1.165, 1.54) is 27.3 Å². The van der Waals surface area contributed by atoms with Gasteiger partial charge in [-0.25, -0.2) is 9.97 Å². The van der Waals surface area contributed by atoms with Crippen LogP contribution in [0, 0.1) is 0 Å². The molecule has 0 radical (unpaired) electrons. The molecule has 2 aromatic heterocycles. The molecular formula is C54H36N2. The summed E-state index contributed by atoms with van der Waals surface area (Å²) < 4.78 is 0. The first kappa shape index (κ1) is 33.2. The van der Waals surface area contributed by atoms with Crippen molar-refractivity contribution in [2.75, 3.05) is 0 Å². The number of fused-ring (bicyclic) bond motifs is 3. The second-order valence-electron chi connectivity index (χ2n) is 14.2. The van der Waals surface area contributed by atoms with Crippen molar-refractivity contribution in [1.82, 2.24) is 9.97 Å². The molecule has 0 bridgehead atoms. The maximum absolute atomic E-state index is 5.46. The topological polar surface area (TPSA) is 25.8 Å². The smallest absolute Gasteiger partial charge is 0.0800 e. The molecule has 2 nitrogen and oxygen atoms in total. The van der Waals surface area contributed by atoms with Crippen LogP contribution >= 0.6 is 0 Å². The van der Waals surface area contributed by atoms with Gasteiger partial charge in [0.05, 0.1) is 22.6 Å². The maximum Gasteiger partial charge on any atom is 0.0800 e. The number of hydrogen-bond acceptors (Lipinski definition) is 2.